The van der Waals surface area contributed by atoms with Crippen LogP contribution in [0.4, 0.5) is 0 Å². The molecule has 2 fully saturated rings. The maximum atomic E-state index is 13.2. The van der Waals surface area contributed by atoms with Crippen molar-refractivity contribution in [2.45, 2.75) is 32.5 Å². The Hall–Kier alpha value is -2.67. The SMILES string of the molecule is Cc1c(CN2CCCN3C(=O)CN(Cc4ccccc4)C(=O)C3C2)cnn1C. The standard InChI is InChI=1S/C21H27N5O2/c1-16-18(11-22-23(16)2)13-24-9-6-10-26-19(14-24)21(28)25(15-20(26)27)12-17-7-4-3-5-8-17/h3-5,7-8,11,19H,6,9-10,12-15H2,1-2H3. The van der Waals surface area contributed by atoms with E-state index in [1.165, 1.54) is 5.56 Å². The summed E-state index contributed by atoms with van der Waals surface area (Å²) < 4.78 is 1.87. The molecule has 1 aromatic heterocycles. The third-order valence-electron chi connectivity index (χ3n) is 5.87. The molecule has 3 heterocycles. The van der Waals surface area contributed by atoms with Crippen LogP contribution in [0.1, 0.15) is 23.2 Å². The van der Waals surface area contributed by atoms with Gasteiger partial charge < -0.3 is 9.80 Å². The van der Waals surface area contributed by atoms with E-state index in [2.05, 4.69) is 16.9 Å². The molecule has 2 aliphatic rings. The van der Waals surface area contributed by atoms with Crippen molar-refractivity contribution in [1.82, 2.24) is 24.5 Å². The highest BCUT2D eigenvalue weighted by Crippen LogP contribution is 2.21. The summed E-state index contributed by atoms with van der Waals surface area (Å²) in [6, 6.07) is 9.47. The largest absolute Gasteiger partial charge is 0.328 e. The first-order valence-corrected chi connectivity index (χ1v) is 9.85. The van der Waals surface area contributed by atoms with Crippen LogP contribution in [-0.2, 0) is 29.7 Å². The fraction of sp³-hybridized carbons (Fsp3) is 0.476. The maximum Gasteiger partial charge on any atom is 0.247 e. The summed E-state index contributed by atoms with van der Waals surface area (Å²) >= 11 is 0. The van der Waals surface area contributed by atoms with Gasteiger partial charge in [-0.15, -0.1) is 0 Å². The normalized spacial score (nSPS) is 21.0. The average molecular weight is 381 g/mol. The van der Waals surface area contributed by atoms with Gasteiger partial charge in [-0.05, 0) is 18.9 Å². The van der Waals surface area contributed by atoms with E-state index in [4.69, 9.17) is 0 Å². The molecule has 2 aromatic rings. The second-order valence-corrected chi connectivity index (χ2v) is 7.75. The monoisotopic (exact) mass is 381 g/mol. The minimum atomic E-state index is -0.399. The van der Waals surface area contributed by atoms with Crippen LogP contribution in [0.5, 0.6) is 0 Å². The van der Waals surface area contributed by atoms with E-state index in [1.807, 2.05) is 48.3 Å². The van der Waals surface area contributed by atoms with Crippen molar-refractivity contribution in [2.24, 2.45) is 7.05 Å². The van der Waals surface area contributed by atoms with Gasteiger partial charge in [-0.3, -0.25) is 19.2 Å². The number of fused-ring (bicyclic) bond motifs is 1. The van der Waals surface area contributed by atoms with Gasteiger partial charge in [-0.2, -0.15) is 5.10 Å². The molecular weight excluding hydrogens is 354 g/mol. The number of amides is 2. The van der Waals surface area contributed by atoms with E-state index in [1.54, 1.807) is 9.80 Å². The molecule has 0 spiro atoms. The minimum Gasteiger partial charge on any atom is -0.328 e. The lowest BCUT2D eigenvalue weighted by molar-refractivity contribution is -0.156. The molecule has 0 saturated carbocycles. The fourth-order valence-electron chi connectivity index (χ4n) is 4.13. The number of aromatic nitrogens is 2. The summed E-state index contributed by atoms with van der Waals surface area (Å²) in [5, 5.41) is 4.32. The Bertz CT molecular complexity index is 863. The molecule has 0 bridgehead atoms. The minimum absolute atomic E-state index is 0.0539. The zero-order valence-corrected chi connectivity index (χ0v) is 16.5. The van der Waals surface area contributed by atoms with E-state index < -0.39 is 6.04 Å². The Morgan fingerprint density at radius 3 is 2.61 bits per heavy atom. The van der Waals surface area contributed by atoms with Crippen molar-refractivity contribution in [1.29, 1.82) is 0 Å². The first kappa shape index (κ1) is 18.7. The molecule has 28 heavy (non-hydrogen) atoms. The molecule has 7 heteroatoms. The predicted octanol–water partition coefficient (Wildman–Crippen LogP) is 1.17. The van der Waals surface area contributed by atoms with Gasteiger partial charge in [-0.25, -0.2) is 0 Å². The van der Waals surface area contributed by atoms with Crippen LogP contribution in [0.15, 0.2) is 36.5 Å². The Labute approximate surface area is 165 Å². The molecule has 2 saturated heterocycles. The lowest BCUT2D eigenvalue weighted by Crippen LogP contribution is -2.61. The molecule has 7 nitrogen and oxygen atoms in total. The number of aryl methyl sites for hydroxylation is 1. The van der Waals surface area contributed by atoms with Crippen LogP contribution in [0.25, 0.3) is 0 Å². The van der Waals surface area contributed by atoms with E-state index in [9.17, 15) is 9.59 Å². The zero-order valence-electron chi connectivity index (χ0n) is 16.5. The molecule has 148 valence electrons. The summed E-state index contributed by atoms with van der Waals surface area (Å²) in [6.07, 6.45) is 2.78. The van der Waals surface area contributed by atoms with Crippen molar-refractivity contribution in [2.75, 3.05) is 26.2 Å². The van der Waals surface area contributed by atoms with Crippen LogP contribution < -0.4 is 0 Å². The van der Waals surface area contributed by atoms with Crippen molar-refractivity contribution in [3.8, 4) is 0 Å². The van der Waals surface area contributed by atoms with Gasteiger partial charge >= 0.3 is 0 Å². The number of hydrogen-bond acceptors (Lipinski definition) is 4. The van der Waals surface area contributed by atoms with E-state index in [-0.39, 0.29) is 18.4 Å². The third kappa shape index (κ3) is 3.67. The molecule has 0 N–H and O–H groups in total. The fourth-order valence-corrected chi connectivity index (χ4v) is 4.13. The lowest BCUT2D eigenvalue weighted by atomic mass is 10.1. The summed E-state index contributed by atoms with van der Waals surface area (Å²) in [6.45, 7) is 5.57. The number of hydrogen-bond donors (Lipinski definition) is 0. The van der Waals surface area contributed by atoms with E-state index in [0.29, 0.717) is 19.6 Å². The quantitative estimate of drug-likeness (QED) is 0.798. The van der Waals surface area contributed by atoms with Crippen molar-refractivity contribution in [3.63, 3.8) is 0 Å². The van der Waals surface area contributed by atoms with Crippen LogP contribution in [0.2, 0.25) is 0 Å². The van der Waals surface area contributed by atoms with Crippen molar-refractivity contribution < 1.29 is 9.59 Å². The Morgan fingerprint density at radius 1 is 1.11 bits per heavy atom. The molecule has 2 amide bonds. The number of carbonyl (C=O) groups is 2. The highest BCUT2D eigenvalue weighted by molar-refractivity contribution is 5.95. The van der Waals surface area contributed by atoms with Gasteiger partial charge in [0.2, 0.25) is 11.8 Å². The summed E-state index contributed by atoms with van der Waals surface area (Å²) in [4.78, 5) is 31.8. The second-order valence-electron chi connectivity index (χ2n) is 7.75. The average Bonchev–Trinajstić information content (AvgIpc) is 2.89. The summed E-state index contributed by atoms with van der Waals surface area (Å²) in [5.41, 5.74) is 3.36. The molecule has 2 aliphatic heterocycles. The van der Waals surface area contributed by atoms with Gasteiger partial charge in [0.15, 0.2) is 0 Å². The van der Waals surface area contributed by atoms with Crippen LogP contribution in [-0.4, -0.2) is 68.5 Å². The highest BCUT2D eigenvalue weighted by atomic mass is 16.2. The van der Waals surface area contributed by atoms with E-state index in [0.717, 1.165) is 30.8 Å². The van der Waals surface area contributed by atoms with Gasteiger partial charge in [0.05, 0.1) is 6.20 Å². The predicted molar refractivity (Wildman–Crippen MR) is 105 cm³/mol. The van der Waals surface area contributed by atoms with Gasteiger partial charge in [0.1, 0.15) is 12.6 Å². The Morgan fingerprint density at radius 2 is 1.89 bits per heavy atom. The summed E-state index contributed by atoms with van der Waals surface area (Å²) in [7, 11) is 1.94. The number of carbonyl (C=O) groups excluding carboxylic acids is 2. The molecule has 1 unspecified atom stereocenters. The highest BCUT2D eigenvalue weighted by Gasteiger charge is 2.41. The Kier molecular flexibility index (Phi) is 5.17. The van der Waals surface area contributed by atoms with Gasteiger partial charge in [0.25, 0.3) is 0 Å². The smallest absolute Gasteiger partial charge is 0.247 e. The van der Waals surface area contributed by atoms with Crippen LogP contribution in [0, 0.1) is 6.92 Å². The number of benzene rings is 1. The van der Waals surface area contributed by atoms with Crippen LogP contribution >= 0.6 is 0 Å². The first-order valence-electron chi connectivity index (χ1n) is 9.85. The number of nitrogens with zero attached hydrogens (tertiary/aromatic N) is 5. The third-order valence-corrected chi connectivity index (χ3v) is 5.87. The van der Waals surface area contributed by atoms with Crippen molar-refractivity contribution >= 4 is 11.8 Å². The van der Waals surface area contributed by atoms with Gasteiger partial charge in [-0.1, -0.05) is 30.3 Å². The molecule has 0 radical (unpaired) electrons. The Balaban J connectivity index is 1.50. The molecule has 1 aromatic carbocycles. The maximum absolute atomic E-state index is 13.2. The van der Waals surface area contributed by atoms with Gasteiger partial charge in [0, 0.05) is 51.0 Å². The molecule has 0 aliphatic carbocycles. The first-order chi connectivity index (χ1) is 13.5. The second kappa shape index (κ2) is 7.75. The topological polar surface area (TPSA) is 61.7 Å². The zero-order chi connectivity index (χ0) is 19.7. The molecule has 1 atom stereocenters. The van der Waals surface area contributed by atoms with Crippen LogP contribution in [0.3, 0.4) is 0 Å². The lowest BCUT2D eigenvalue weighted by Gasteiger charge is -2.40. The molecule has 4 rings (SSSR count). The summed E-state index contributed by atoms with van der Waals surface area (Å²) in [5.74, 6) is 0.109. The van der Waals surface area contributed by atoms with Crippen molar-refractivity contribution in [3.05, 3.63) is 53.3 Å². The van der Waals surface area contributed by atoms with E-state index >= 15 is 0 Å². The number of piperazine rings is 1. The molecular formula is C21H27N5O2. The number of rotatable bonds is 4.